The monoisotopic (exact) mass is 351 g/mol. The minimum atomic E-state index is -0.703. The van der Waals surface area contributed by atoms with E-state index in [1.807, 2.05) is 37.3 Å². The molecule has 1 saturated heterocycles. The molecule has 1 aliphatic heterocycles. The number of likely N-dealkylation sites (tertiary alicyclic amines) is 1. The molecule has 6 heteroatoms. The van der Waals surface area contributed by atoms with E-state index in [2.05, 4.69) is 9.97 Å². The van der Waals surface area contributed by atoms with Gasteiger partial charge in [-0.25, -0.2) is 9.97 Å². The molecule has 2 aromatic rings. The molecule has 1 N–H and O–H groups in total. The quantitative estimate of drug-likeness (QED) is 0.919. The van der Waals surface area contributed by atoms with E-state index in [1.165, 1.54) is 0 Å². The third-order valence-corrected chi connectivity index (χ3v) is 5.78. The van der Waals surface area contributed by atoms with Crippen molar-refractivity contribution in [3.8, 4) is 11.4 Å². The van der Waals surface area contributed by atoms with Gasteiger partial charge in [0.05, 0.1) is 17.2 Å². The summed E-state index contributed by atoms with van der Waals surface area (Å²) in [6.45, 7) is 3.03. The fourth-order valence-corrected chi connectivity index (χ4v) is 3.98. The van der Waals surface area contributed by atoms with E-state index in [9.17, 15) is 14.7 Å². The number of aliphatic carboxylic acids is 1. The molecule has 134 valence electrons. The van der Waals surface area contributed by atoms with E-state index in [0.29, 0.717) is 30.2 Å². The number of benzene rings is 1. The zero-order chi connectivity index (χ0) is 18.3. The number of rotatable bonds is 3. The summed E-state index contributed by atoms with van der Waals surface area (Å²) >= 11 is 0. The van der Waals surface area contributed by atoms with Crippen molar-refractivity contribution in [3.63, 3.8) is 0 Å². The summed E-state index contributed by atoms with van der Waals surface area (Å²) in [4.78, 5) is 34.7. The van der Waals surface area contributed by atoms with Crippen molar-refractivity contribution in [2.24, 2.45) is 11.3 Å². The highest BCUT2D eigenvalue weighted by Gasteiger charge is 2.59. The first-order valence-electron chi connectivity index (χ1n) is 8.91. The van der Waals surface area contributed by atoms with Gasteiger partial charge in [-0.15, -0.1) is 0 Å². The summed E-state index contributed by atoms with van der Waals surface area (Å²) in [7, 11) is 0. The molecule has 1 atom stereocenters. The minimum absolute atomic E-state index is 0.0653. The minimum Gasteiger partial charge on any atom is -0.481 e. The Morgan fingerprint density at radius 2 is 1.88 bits per heavy atom. The molecule has 2 fully saturated rings. The Kier molecular flexibility index (Phi) is 3.98. The number of nitrogens with zero attached hydrogens (tertiary/aromatic N) is 3. The first kappa shape index (κ1) is 16.7. The van der Waals surface area contributed by atoms with Crippen LogP contribution in [0.5, 0.6) is 0 Å². The standard InChI is InChI=1S/C20H21N3O3/c1-13-15(12-21-17(22-13)14-5-3-2-4-6-14)18(24)23-9-7-20(8-10-23)11-16(20)19(25)26/h2-6,12,16H,7-11H2,1H3,(H,25,26). The van der Waals surface area contributed by atoms with Gasteiger partial charge in [0.25, 0.3) is 5.91 Å². The van der Waals surface area contributed by atoms with E-state index < -0.39 is 5.97 Å². The molecule has 1 amide bonds. The number of carboxylic acid groups (broad SMARTS) is 1. The summed E-state index contributed by atoms with van der Waals surface area (Å²) in [6, 6.07) is 9.67. The highest BCUT2D eigenvalue weighted by atomic mass is 16.4. The highest BCUT2D eigenvalue weighted by Crippen LogP contribution is 2.59. The Bertz CT molecular complexity index is 858. The van der Waals surface area contributed by atoms with Crippen molar-refractivity contribution in [3.05, 3.63) is 47.8 Å². The van der Waals surface area contributed by atoms with E-state index in [1.54, 1.807) is 11.1 Å². The zero-order valence-electron chi connectivity index (χ0n) is 14.7. The van der Waals surface area contributed by atoms with Crippen molar-refractivity contribution in [1.29, 1.82) is 0 Å². The number of carbonyl (C=O) groups excluding carboxylic acids is 1. The summed E-state index contributed by atoms with van der Waals surface area (Å²) in [5, 5.41) is 9.18. The fourth-order valence-electron chi connectivity index (χ4n) is 3.98. The molecular formula is C20H21N3O3. The molecule has 4 rings (SSSR count). The van der Waals surface area contributed by atoms with E-state index in [4.69, 9.17) is 0 Å². The second-order valence-corrected chi connectivity index (χ2v) is 7.31. The average molecular weight is 351 g/mol. The van der Waals surface area contributed by atoms with Crippen LogP contribution in [0, 0.1) is 18.3 Å². The third-order valence-electron chi connectivity index (χ3n) is 5.78. The van der Waals surface area contributed by atoms with Gasteiger partial charge < -0.3 is 10.0 Å². The first-order chi connectivity index (χ1) is 12.5. The lowest BCUT2D eigenvalue weighted by Gasteiger charge is -2.32. The van der Waals surface area contributed by atoms with Crippen molar-refractivity contribution in [2.45, 2.75) is 26.2 Å². The summed E-state index contributed by atoms with van der Waals surface area (Å²) in [5.41, 5.74) is 2.03. The molecule has 0 bridgehead atoms. The van der Waals surface area contributed by atoms with Crippen LogP contribution in [0.2, 0.25) is 0 Å². The Morgan fingerprint density at radius 1 is 1.19 bits per heavy atom. The van der Waals surface area contributed by atoms with Crippen molar-refractivity contribution in [1.82, 2.24) is 14.9 Å². The lowest BCUT2D eigenvalue weighted by atomic mass is 9.90. The van der Waals surface area contributed by atoms with Gasteiger partial charge in [-0.1, -0.05) is 30.3 Å². The molecule has 26 heavy (non-hydrogen) atoms. The van der Waals surface area contributed by atoms with Crippen LogP contribution in [-0.2, 0) is 4.79 Å². The largest absolute Gasteiger partial charge is 0.481 e. The fraction of sp³-hybridized carbons (Fsp3) is 0.400. The van der Waals surface area contributed by atoms with Gasteiger partial charge in [0.1, 0.15) is 0 Å². The molecule has 1 unspecified atom stereocenters. The lowest BCUT2D eigenvalue weighted by Crippen LogP contribution is -2.40. The third kappa shape index (κ3) is 2.85. The molecule has 1 aromatic carbocycles. The van der Waals surface area contributed by atoms with Crippen LogP contribution in [0.3, 0.4) is 0 Å². The lowest BCUT2D eigenvalue weighted by molar-refractivity contribution is -0.139. The number of aromatic nitrogens is 2. The molecule has 2 heterocycles. The Morgan fingerprint density at radius 3 is 2.46 bits per heavy atom. The smallest absolute Gasteiger partial charge is 0.307 e. The Labute approximate surface area is 151 Å². The molecule has 1 aliphatic carbocycles. The number of carboxylic acids is 1. The Hall–Kier alpha value is -2.76. The number of piperidine rings is 1. The molecule has 6 nitrogen and oxygen atoms in total. The summed E-state index contributed by atoms with van der Waals surface area (Å²) in [5.74, 6) is -0.385. The molecular weight excluding hydrogens is 330 g/mol. The van der Waals surface area contributed by atoms with Gasteiger partial charge >= 0.3 is 5.97 Å². The first-order valence-corrected chi connectivity index (χ1v) is 8.91. The van der Waals surface area contributed by atoms with Gasteiger partial charge in [-0.3, -0.25) is 9.59 Å². The topological polar surface area (TPSA) is 83.4 Å². The predicted molar refractivity (Wildman–Crippen MR) is 95.5 cm³/mol. The molecule has 1 spiro atoms. The van der Waals surface area contributed by atoms with E-state index >= 15 is 0 Å². The number of hydrogen-bond donors (Lipinski definition) is 1. The second-order valence-electron chi connectivity index (χ2n) is 7.31. The number of aryl methyl sites for hydroxylation is 1. The van der Waals surface area contributed by atoms with E-state index in [0.717, 1.165) is 24.8 Å². The maximum atomic E-state index is 12.8. The summed E-state index contributed by atoms with van der Waals surface area (Å²) in [6.07, 6.45) is 3.88. The van der Waals surface area contributed by atoms with Crippen LogP contribution in [-0.4, -0.2) is 44.9 Å². The van der Waals surface area contributed by atoms with Crippen LogP contribution in [0.1, 0.15) is 35.3 Å². The van der Waals surface area contributed by atoms with Gasteiger partial charge in [0.15, 0.2) is 5.82 Å². The highest BCUT2D eigenvalue weighted by molar-refractivity contribution is 5.95. The van der Waals surface area contributed by atoms with Crippen LogP contribution in [0.15, 0.2) is 36.5 Å². The van der Waals surface area contributed by atoms with Crippen LogP contribution in [0.25, 0.3) is 11.4 Å². The van der Waals surface area contributed by atoms with Crippen LogP contribution < -0.4 is 0 Å². The van der Waals surface area contributed by atoms with Crippen LogP contribution in [0.4, 0.5) is 0 Å². The predicted octanol–water partition coefficient (Wildman–Crippen LogP) is 2.78. The van der Waals surface area contributed by atoms with Gasteiger partial charge in [0, 0.05) is 24.8 Å². The average Bonchev–Trinajstić information content (AvgIpc) is 3.36. The van der Waals surface area contributed by atoms with E-state index in [-0.39, 0.29) is 17.2 Å². The molecule has 0 radical (unpaired) electrons. The number of carbonyl (C=O) groups is 2. The van der Waals surface area contributed by atoms with Crippen molar-refractivity contribution < 1.29 is 14.7 Å². The van der Waals surface area contributed by atoms with Crippen molar-refractivity contribution >= 4 is 11.9 Å². The zero-order valence-corrected chi connectivity index (χ0v) is 14.7. The maximum absolute atomic E-state index is 12.8. The van der Waals surface area contributed by atoms with Crippen molar-refractivity contribution in [2.75, 3.05) is 13.1 Å². The Balaban J connectivity index is 1.47. The molecule has 1 saturated carbocycles. The number of amides is 1. The maximum Gasteiger partial charge on any atom is 0.307 e. The molecule has 1 aromatic heterocycles. The molecule has 2 aliphatic rings. The van der Waals surface area contributed by atoms with Gasteiger partial charge in [0.2, 0.25) is 0 Å². The summed E-state index contributed by atoms with van der Waals surface area (Å²) < 4.78 is 0. The normalized spacial score (nSPS) is 20.8. The second kappa shape index (κ2) is 6.20. The SMILES string of the molecule is Cc1nc(-c2ccccc2)ncc1C(=O)N1CCC2(CC1)CC2C(=O)O. The van der Waals surface area contributed by atoms with Crippen LogP contribution >= 0.6 is 0 Å². The van der Waals surface area contributed by atoms with Gasteiger partial charge in [-0.2, -0.15) is 0 Å². The number of hydrogen-bond acceptors (Lipinski definition) is 4. The van der Waals surface area contributed by atoms with Gasteiger partial charge in [-0.05, 0) is 31.6 Å².